The van der Waals surface area contributed by atoms with Gasteiger partial charge in [0.1, 0.15) is 0 Å². The van der Waals surface area contributed by atoms with Gasteiger partial charge in [0.2, 0.25) is 16.6 Å². The van der Waals surface area contributed by atoms with Crippen molar-refractivity contribution in [2.75, 3.05) is 0 Å². The molecule has 0 aromatic rings. The lowest BCUT2D eigenvalue weighted by Crippen LogP contribution is -2.50. The van der Waals surface area contributed by atoms with Crippen molar-refractivity contribution in [1.82, 2.24) is 0 Å². The topological polar surface area (TPSA) is 58.9 Å². The minimum Gasteiger partial charge on any atom is -0.413 e. The van der Waals surface area contributed by atoms with Crippen LogP contribution in [0.2, 0.25) is 33.2 Å². The molecule has 0 aliphatic heterocycles. The Morgan fingerprint density at radius 1 is 0.354 bits per heavy atom. The number of aliphatic hydroxyl groups is 2. The Hall–Kier alpha value is -0.766. The van der Waals surface area contributed by atoms with Crippen LogP contribution in [0.4, 0.5) is 0 Å². The molecule has 4 nitrogen and oxygen atoms in total. The van der Waals surface area contributed by atoms with Crippen LogP contribution in [0.5, 0.6) is 0 Å². The molecule has 48 heavy (non-hydrogen) atoms. The van der Waals surface area contributed by atoms with Crippen molar-refractivity contribution in [2.45, 2.75) is 196 Å². The molecular weight excluding hydrogens is 625 g/mol. The van der Waals surface area contributed by atoms with Gasteiger partial charge in [-0.25, -0.2) is 0 Å². The summed E-state index contributed by atoms with van der Waals surface area (Å²) in [7, 11) is -3.43. The number of hydrogen-bond acceptors (Lipinski definition) is 4. The Morgan fingerprint density at radius 2 is 0.521 bits per heavy atom. The van der Waals surface area contributed by atoms with Crippen molar-refractivity contribution in [1.29, 1.82) is 0 Å². The van der Waals surface area contributed by atoms with Crippen molar-refractivity contribution in [2.24, 2.45) is 23.7 Å². The third kappa shape index (κ3) is 18.5. The van der Waals surface area contributed by atoms with Crippen LogP contribution in [-0.4, -0.2) is 51.3 Å². The largest absolute Gasteiger partial charge is 0.413 e. The first-order valence-electron chi connectivity index (χ1n) is 19.0. The van der Waals surface area contributed by atoms with E-state index in [4.69, 9.17) is 19.1 Å². The summed E-state index contributed by atoms with van der Waals surface area (Å²) in [5, 5.41) is 17.5. The maximum atomic E-state index is 8.75. The minimum atomic E-state index is -1.72. The van der Waals surface area contributed by atoms with Gasteiger partial charge in [0, 0.05) is 12.2 Å². The second-order valence-corrected chi connectivity index (χ2v) is 27.0. The lowest BCUT2D eigenvalue weighted by Gasteiger charge is -2.44. The van der Waals surface area contributed by atoms with Crippen molar-refractivity contribution in [3.05, 3.63) is 50.6 Å². The van der Waals surface area contributed by atoms with E-state index in [-0.39, 0.29) is 36.3 Å². The van der Waals surface area contributed by atoms with E-state index in [9.17, 15) is 0 Å². The fraction of sp³-hybridized carbons (Fsp3) is 0.810. The molecule has 0 radical (unpaired) electrons. The third-order valence-corrected chi connectivity index (χ3v) is 23.1. The first-order valence-corrected chi connectivity index (χ1v) is 23.3. The molecule has 0 amide bonds. The van der Waals surface area contributed by atoms with Gasteiger partial charge >= 0.3 is 0 Å². The molecule has 0 aliphatic carbocycles. The van der Waals surface area contributed by atoms with E-state index in [1.165, 1.54) is 0 Å². The van der Waals surface area contributed by atoms with Crippen LogP contribution in [-0.2, 0) is 8.85 Å². The average molecular weight is 713 g/mol. The van der Waals surface area contributed by atoms with E-state index in [1.54, 1.807) is 26.0 Å². The lowest BCUT2D eigenvalue weighted by molar-refractivity contribution is 0.157. The molecule has 0 aromatic heterocycles. The molecular formula is C42H88O4Si2. The summed E-state index contributed by atoms with van der Waals surface area (Å²) in [6.07, 6.45) is 7.55. The summed E-state index contributed by atoms with van der Waals surface area (Å²) in [6, 6.07) is 0. The van der Waals surface area contributed by atoms with E-state index in [2.05, 4.69) is 137 Å². The molecule has 2 N–H and O–H groups in total. The second-order valence-electron chi connectivity index (χ2n) is 16.1. The SMILES string of the molecule is C=C[C@@H](C)[C@H](C)O.C=C[C@@H](C)[C@H](C)O[Si](C(C)C)(C(C)C)C(C)C.C=C[C@H](C)[C@H](C)O.C=C[C@H](C)[C@H](C)O[Si](C(C)C)(C(C)C)C(C)C. The van der Waals surface area contributed by atoms with Gasteiger partial charge in [-0.1, -0.05) is 135 Å². The van der Waals surface area contributed by atoms with Crippen molar-refractivity contribution >= 4 is 16.6 Å². The Kier molecular flexibility index (Phi) is 30.3. The zero-order valence-corrected chi connectivity index (χ0v) is 37.9. The Labute approximate surface area is 305 Å². The molecule has 0 rings (SSSR count). The Morgan fingerprint density at radius 3 is 0.604 bits per heavy atom. The predicted molar refractivity (Wildman–Crippen MR) is 224 cm³/mol. The summed E-state index contributed by atoms with van der Waals surface area (Å²) < 4.78 is 13.3. The smallest absolute Gasteiger partial charge is 0.200 e. The molecule has 0 unspecified atom stereocenters. The summed E-state index contributed by atoms with van der Waals surface area (Å²) in [4.78, 5) is 0. The Balaban J connectivity index is -0.000000291. The summed E-state index contributed by atoms with van der Waals surface area (Å²) in [5.41, 5.74) is 3.93. The molecule has 288 valence electrons. The highest BCUT2D eigenvalue weighted by molar-refractivity contribution is 6.78. The zero-order chi connectivity index (χ0) is 39.3. The fourth-order valence-electron chi connectivity index (χ4n) is 6.45. The summed E-state index contributed by atoms with van der Waals surface area (Å²) in [6.45, 7) is 58.9. The molecule has 0 heterocycles. The van der Waals surface area contributed by atoms with Gasteiger partial charge in [-0.05, 0) is 84.6 Å². The molecule has 0 aliphatic rings. The normalized spacial score (nSPS) is 17.1. The first-order chi connectivity index (χ1) is 21.8. The third-order valence-electron chi connectivity index (χ3n) is 10.7. The van der Waals surface area contributed by atoms with Gasteiger partial charge in [0.15, 0.2) is 0 Å². The quantitative estimate of drug-likeness (QED) is 0.110. The molecule has 0 bridgehead atoms. The second kappa shape index (κ2) is 27.0. The maximum absolute atomic E-state index is 8.75. The number of hydrogen-bond donors (Lipinski definition) is 2. The standard InChI is InChI=1S/2C15H32OSi.2C6H12O/c2*1-10-14(8)15(9)16-17(11(2)3,12(4)5)13(6)7;2*1-4-5(2)6(3)7/h2*10-15H,1H2,2-9H3;2*4-7H,1H2,2-3H3/t14-,15+;14-,15-;5-,6+;5-,6-/m1010/s1. The van der Waals surface area contributed by atoms with E-state index < -0.39 is 16.6 Å². The molecule has 0 saturated heterocycles. The molecule has 0 saturated carbocycles. The zero-order valence-electron chi connectivity index (χ0n) is 35.9. The molecule has 0 aromatic carbocycles. The van der Waals surface area contributed by atoms with Crippen LogP contribution < -0.4 is 0 Å². The summed E-state index contributed by atoms with van der Waals surface area (Å²) in [5.74, 6) is 1.30. The van der Waals surface area contributed by atoms with Crippen LogP contribution in [0.15, 0.2) is 50.6 Å². The molecule has 8 atom stereocenters. The van der Waals surface area contributed by atoms with Crippen LogP contribution in [0.1, 0.15) is 138 Å². The van der Waals surface area contributed by atoms with Gasteiger partial charge < -0.3 is 19.1 Å². The van der Waals surface area contributed by atoms with Crippen LogP contribution >= 0.6 is 0 Å². The number of rotatable bonds is 18. The van der Waals surface area contributed by atoms with Crippen LogP contribution in [0, 0.1) is 23.7 Å². The van der Waals surface area contributed by atoms with E-state index >= 15 is 0 Å². The minimum absolute atomic E-state index is 0.222. The first kappa shape index (κ1) is 54.0. The van der Waals surface area contributed by atoms with Gasteiger partial charge in [-0.15, -0.1) is 26.3 Å². The molecule has 0 spiro atoms. The molecule has 0 fully saturated rings. The fourth-order valence-corrected chi connectivity index (χ4v) is 17.8. The highest BCUT2D eigenvalue weighted by Gasteiger charge is 2.47. The summed E-state index contributed by atoms with van der Waals surface area (Å²) >= 11 is 0. The van der Waals surface area contributed by atoms with Gasteiger partial charge in [0.05, 0.1) is 12.2 Å². The monoisotopic (exact) mass is 713 g/mol. The lowest BCUT2D eigenvalue weighted by atomic mass is 10.1. The van der Waals surface area contributed by atoms with Crippen molar-refractivity contribution < 1.29 is 19.1 Å². The Bertz CT molecular complexity index is 720. The van der Waals surface area contributed by atoms with E-state index in [0.717, 1.165) is 0 Å². The van der Waals surface area contributed by atoms with Gasteiger partial charge in [-0.3, -0.25) is 0 Å². The van der Waals surface area contributed by atoms with E-state index in [1.807, 2.05) is 26.0 Å². The van der Waals surface area contributed by atoms with Gasteiger partial charge in [0.25, 0.3) is 0 Å². The van der Waals surface area contributed by atoms with Crippen molar-refractivity contribution in [3.63, 3.8) is 0 Å². The van der Waals surface area contributed by atoms with Gasteiger partial charge in [-0.2, -0.15) is 0 Å². The predicted octanol–water partition coefficient (Wildman–Crippen LogP) is 13.2. The average Bonchev–Trinajstić information content (AvgIpc) is 2.99. The van der Waals surface area contributed by atoms with Crippen LogP contribution in [0.25, 0.3) is 0 Å². The molecule has 6 heteroatoms. The highest BCUT2D eigenvalue weighted by Crippen LogP contribution is 2.44. The highest BCUT2D eigenvalue weighted by atomic mass is 28.4. The maximum Gasteiger partial charge on any atom is 0.200 e. The van der Waals surface area contributed by atoms with Crippen molar-refractivity contribution in [3.8, 4) is 0 Å². The van der Waals surface area contributed by atoms with Crippen LogP contribution in [0.3, 0.4) is 0 Å². The van der Waals surface area contributed by atoms with E-state index in [0.29, 0.717) is 45.1 Å². The number of aliphatic hydroxyl groups excluding tert-OH is 2.